The van der Waals surface area contributed by atoms with E-state index in [2.05, 4.69) is 15.5 Å². The van der Waals surface area contributed by atoms with Gasteiger partial charge in [0.15, 0.2) is 0 Å². The van der Waals surface area contributed by atoms with E-state index >= 15 is 0 Å². The zero-order valence-electron chi connectivity index (χ0n) is 17.8. The lowest BCUT2D eigenvalue weighted by Gasteiger charge is -2.33. The first-order chi connectivity index (χ1) is 15.7. The number of alkyl halides is 4. The molecule has 2 aliphatic heterocycles. The molecule has 1 spiro atoms. The number of piperidine rings is 1. The molecule has 0 saturated carbocycles. The molecule has 0 bridgehead atoms. The van der Waals surface area contributed by atoms with Crippen LogP contribution in [0.5, 0.6) is 0 Å². The second-order valence-electron chi connectivity index (χ2n) is 8.62. The highest BCUT2D eigenvalue weighted by molar-refractivity contribution is 5.98. The van der Waals surface area contributed by atoms with E-state index in [1.165, 1.54) is 0 Å². The highest BCUT2D eigenvalue weighted by Gasteiger charge is 2.60. The van der Waals surface area contributed by atoms with E-state index in [-0.39, 0.29) is 24.0 Å². The molecule has 2 aromatic heterocycles. The van der Waals surface area contributed by atoms with Crippen molar-refractivity contribution in [1.82, 2.24) is 24.9 Å². The van der Waals surface area contributed by atoms with Crippen LogP contribution in [0.1, 0.15) is 12.3 Å². The van der Waals surface area contributed by atoms with Gasteiger partial charge < -0.3 is 24.2 Å². The van der Waals surface area contributed by atoms with Crippen molar-refractivity contribution in [2.24, 2.45) is 0 Å². The summed E-state index contributed by atoms with van der Waals surface area (Å²) in [5.74, 6) is 0.0462. The van der Waals surface area contributed by atoms with Gasteiger partial charge in [0.1, 0.15) is 12.7 Å². The summed E-state index contributed by atoms with van der Waals surface area (Å²) in [6, 6.07) is 6.67. The van der Waals surface area contributed by atoms with E-state index in [0.29, 0.717) is 42.5 Å². The Kier molecular flexibility index (Phi) is 5.07. The monoisotopic (exact) mass is 466 g/mol. The lowest BCUT2D eigenvalue weighted by atomic mass is 9.94. The molecule has 1 amide bonds. The predicted octanol–water partition coefficient (Wildman–Crippen LogP) is 2.73. The number of aromatic nitrogens is 3. The minimum atomic E-state index is -4.48. The van der Waals surface area contributed by atoms with Crippen molar-refractivity contribution < 1.29 is 26.9 Å². The topological polar surface area (TPSA) is 79.2 Å². The van der Waals surface area contributed by atoms with Gasteiger partial charge in [0.05, 0.1) is 23.3 Å². The lowest BCUT2D eigenvalue weighted by Crippen LogP contribution is -2.47. The molecule has 12 heteroatoms. The number of likely N-dealkylation sites (tertiary alicyclic amines) is 1. The summed E-state index contributed by atoms with van der Waals surface area (Å²) in [5.41, 5.74) is 0.551. The first kappa shape index (κ1) is 21.7. The third kappa shape index (κ3) is 3.81. The fraction of sp³-hybridized carbons (Fsp3) is 0.476. The summed E-state index contributed by atoms with van der Waals surface area (Å²) in [6.45, 7) is 0.322. The first-order valence-electron chi connectivity index (χ1n) is 10.5. The molecule has 5 rings (SSSR count). The number of nitrogens with zero attached hydrogens (tertiary/aromatic N) is 5. The van der Waals surface area contributed by atoms with Crippen LogP contribution in [0.4, 0.5) is 23.2 Å². The lowest BCUT2D eigenvalue weighted by molar-refractivity contribution is -0.139. The van der Waals surface area contributed by atoms with Gasteiger partial charge in [-0.1, -0.05) is 11.2 Å². The summed E-state index contributed by atoms with van der Waals surface area (Å²) in [6.07, 6.45) is -4.43. The molecule has 4 heterocycles. The standard InChI is InChI=1S/C21H22F4N6O2/c1-29-6-5-20(17(22)9-29)10-31(20)15-4-2-3-14-13(15)7-16(30(14)11-21(23,24)25)19-27-18(33-28-19)8-26-12-32/h2-4,7,12,17H,5-6,8-11H2,1H3,(H,26,32)/t17-,20+,31?/m0/s1. The van der Waals surface area contributed by atoms with Crippen LogP contribution in [0.3, 0.4) is 0 Å². The van der Waals surface area contributed by atoms with Crippen molar-refractivity contribution in [3.8, 4) is 11.5 Å². The molecule has 33 heavy (non-hydrogen) atoms. The molecule has 2 aliphatic rings. The molecule has 176 valence electrons. The molecule has 3 aromatic rings. The van der Waals surface area contributed by atoms with Crippen LogP contribution < -0.4 is 10.2 Å². The molecule has 0 unspecified atom stereocenters. The highest BCUT2D eigenvalue weighted by Crippen LogP contribution is 2.49. The Morgan fingerprint density at radius 1 is 1.36 bits per heavy atom. The van der Waals surface area contributed by atoms with Crippen LogP contribution in [-0.4, -0.2) is 70.6 Å². The van der Waals surface area contributed by atoms with Crippen molar-refractivity contribution in [1.29, 1.82) is 0 Å². The minimum absolute atomic E-state index is 0.0210. The van der Waals surface area contributed by atoms with E-state index in [0.717, 1.165) is 11.1 Å². The summed E-state index contributed by atoms with van der Waals surface area (Å²) in [5, 5.41) is 6.75. The van der Waals surface area contributed by atoms with Gasteiger partial charge >= 0.3 is 6.18 Å². The summed E-state index contributed by atoms with van der Waals surface area (Å²) >= 11 is 0. The van der Waals surface area contributed by atoms with E-state index < -0.39 is 24.4 Å². The quantitative estimate of drug-likeness (QED) is 0.342. The number of hydrogen-bond acceptors (Lipinski definition) is 6. The Balaban J connectivity index is 1.58. The minimum Gasteiger partial charge on any atom is -0.358 e. The van der Waals surface area contributed by atoms with Gasteiger partial charge in [-0.25, -0.2) is 4.39 Å². The summed E-state index contributed by atoms with van der Waals surface area (Å²) < 4.78 is 61.5. The van der Waals surface area contributed by atoms with Crippen LogP contribution in [-0.2, 0) is 17.9 Å². The van der Waals surface area contributed by atoms with E-state index in [9.17, 15) is 22.4 Å². The van der Waals surface area contributed by atoms with Gasteiger partial charge in [0, 0.05) is 30.7 Å². The normalized spacial score (nSPS) is 23.4. The van der Waals surface area contributed by atoms with E-state index in [4.69, 9.17) is 4.52 Å². The number of nitrogens with one attached hydrogen (secondary N) is 1. The molecule has 1 aromatic carbocycles. The number of anilines is 1. The number of hydrogen-bond donors (Lipinski definition) is 1. The maximum absolute atomic E-state index is 15.0. The number of carbonyl (C=O) groups excluding carboxylic acids is 1. The van der Waals surface area contributed by atoms with Crippen molar-refractivity contribution in [2.75, 3.05) is 31.6 Å². The molecular formula is C21H22F4N6O2. The molecule has 2 atom stereocenters. The summed E-state index contributed by atoms with van der Waals surface area (Å²) in [4.78, 5) is 18.5. The second kappa shape index (κ2) is 7.72. The first-order valence-corrected chi connectivity index (χ1v) is 10.5. The van der Waals surface area contributed by atoms with Gasteiger partial charge in [-0.15, -0.1) is 0 Å². The summed E-state index contributed by atoms with van der Waals surface area (Å²) in [7, 11) is 1.88. The molecule has 0 aliphatic carbocycles. The average molecular weight is 466 g/mol. The maximum Gasteiger partial charge on any atom is 0.406 e. The zero-order valence-corrected chi connectivity index (χ0v) is 17.8. The Hall–Kier alpha value is -3.15. The van der Waals surface area contributed by atoms with Gasteiger partial charge in [-0.3, -0.25) is 4.79 Å². The predicted molar refractivity (Wildman–Crippen MR) is 111 cm³/mol. The number of amides is 1. The van der Waals surface area contributed by atoms with Crippen molar-refractivity contribution in [2.45, 2.75) is 37.4 Å². The number of benzene rings is 1. The van der Waals surface area contributed by atoms with Crippen molar-refractivity contribution in [3.05, 3.63) is 30.2 Å². The third-order valence-corrected chi connectivity index (χ3v) is 6.43. The third-order valence-electron chi connectivity index (χ3n) is 6.43. The Bertz CT molecular complexity index is 1190. The zero-order chi connectivity index (χ0) is 23.4. The molecule has 2 saturated heterocycles. The van der Waals surface area contributed by atoms with Crippen LogP contribution >= 0.6 is 0 Å². The molecule has 1 N–H and O–H groups in total. The SMILES string of the molecule is CN1CC[C@@]2(CN2c2cccc3c2cc(-c2noc(CNC=O)n2)n3CC(F)(F)F)[C@@H](F)C1. The van der Waals surface area contributed by atoms with Crippen molar-refractivity contribution >= 4 is 23.0 Å². The highest BCUT2D eigenvalue weighted by atomic mass is 19.4. The van der Waals surface area contributed by atoms with Crippen LogP contribution in [0.15, 0.2) is 28.8 Å². The molecule has 0 radical (unpaired) electrons. The van der Waals surface area contributed by atoms with E-state index in [1.807, 2.05) is 16.8 Å². The maximum atomic E-state index is 15.0. The Morgan fingerprint density at radius 2 is 2.18 bits per heavy atom. The number of fused-ring (bicyclic) bond motifs is 1. The second-order valence-corrected chi connectivity index (χ2v) is 8.62. The molecule has 8 nitrogen and oxygen atoms in total. The number of carbonyl (C=O) groups is 1. The molecular weight excluding hydrogens is 444 g/mol. The van der Waals surface area contributed by atoms with Crippen molar-refractivity contribution in [3.63, 3.8) is 0 Å². The smallest absolute Gasteiger partial charge is 0.358 e. The fourth-order valence-electron chi connectivity index (χ4n) is 4.72. The number of rotatable bonds is 6. The van der Waals surface area contributed by atoms with Gasteiger partial charge in [0.2, 0.25) is 18.1 Å². The molecule has 2 fully saturated rings. The van der Waals surface area contributed by atoms with Crippen LogP contribution in [0, 0.1) is 0 Å². The average Bonchev–Trinajstić information content (AvgIpc) is 3.09. The Morgan fingerprint density at radius 3 is 2.91 bits per heavy atom. The number of halogens is 4. The van der Waals surface area contributed by atoms with Crippen LogP contribution in [0.2, 0.25) is 0 Å². The van der Waals surface area contributed by atoms with Gasteiger partial charge in [-0.05, 0) is 31.7 Å². The Labute approximate surface area is 186 Å². The fourth-order valence-corrected chi connectivity index (χ4v) is 4.72. The van der Waals surface area contributed by atoms with Crippen LogP contribution in [0.25, 0.3) is 22.4 Å². The van der Waals surface area contributed by atoms with E-state index in [1.54, 1.807) is 24.3 Å². The van der Waals surface area contributed by atoms with Gasteiger partial charge in [0.25, 0.3) is 0 Å². The van der Waals surface area contributed by atoms with Gasteiger partial charge in [-0.2, -0.15) is 18.2 Å². The largest absolute Gasteiger partial charge is 0.406 e.